The van der Waals surface area contributed by atoms with Crippen LogP contribution in [0, 0.1) is 0 Å². The fourth-order valence-corrected chi connectivity index (χ4v) is 5.40. The van der Waals surface area contributed by atoms with Gasteiger partial charge >= 0.3 is 0 Å². The van der Waals surface area contributed by atoms with E-state index < -0.39 is 22.0 Å². The zero-order chi connectivity index (χ0) is 17.2. The van der Waals surface area contributed by atoms with E-state index in [0.717, 1.165) is 18.6 Å². The summed E-state index contributed by atoms with van der Waals surface area (Å²) in [5, 5.41) is 13.3. The number of sulfone groups is 1. The molecule has 0 spiro atoms. The number of nitrogens with one attached hydrogen (secondary N) is 1. The summed E-state index contributed by atoms with van der Waals surface area (Å²) in [5.41, 5.74) is 1.07. The van der Waals surface area contributed by atoms with E-state index in [1.54, 1.807) is 7.11 Å². The number of aliphatic hydroxyl groups excluding tert-OH is 1. The zero-order valence-corrected chi connectivity index (χ0v) is 14.7. The van der Waals surface area contributed by atoms with E-state index in [-0.39, 0.29) is 16.9 Å². The van der Waals surface area contributed by atoms with Crippen LogP contribution in [0.3, 0.4) is 0 Å². The number of benzene rings is 1. The molecule has 2 saturated heterocycles. The number of aliphatic hydroxyl groups is 1. The zero-order valence-electron chi connectivity index (χ0n) is 13.9. The molecule has 6 nitrogen and oxygen atoms in total. The van der Waals surface area contributed by atoms with Crippen LogP contribution < -0.4 is 10.1 Å². The lowest BCUT2D eigenvalue weighted by atomic mass is 9.74. The van der Waals surface area contributed by atoms with Crippen LogP contribution in [0.1, 0.15) is 18.4 Å². The molecular formula is C17H25NO5S. The van der Waals surface area contributed by atoms with Gasteiger partial charge in [-0.25, -0.2) is 8.42 Å². The second-order valence-corrected chi connectivity index (χ2v) is 8.91. The number of hydrogen-bond donors (Lipinski definition) is 2. The van der Waals surface area contributed by atoms with Crippen LogP contribution in [0.2, 0.25) is 0 Å². The number of rotatable bonds is 5. The smallest absolute Gasteiger partial charge is 0.154 e. The van der Waals surface area contributed by atoms with Crippen molar-refractivity contribution in [2.75, 3.05) is 38.4 Å². The summed E-state index contributed by atoms with van der Waals surface area (Å²) < 4.78 is 34.1. The summed E-state index contributed by atoms with van der Waals surface area (Å²) >= 11 is 0. The molecule has 2 aliphatic heterocycles. The molecule has 0 radical (unpaired) electrons. The van der Waals surface area contributed by atoms with Gasteiger partial charge in [-0.15, -0.1) is 0 Å². The Balaban J connectivity index is 1.76. The highest BCUT2D eigenvalue weighted by Gasteiger charge is 2.40. The molecule has 2 N–H and O–H groups in total. The van der Waals surface area contributed by atoms with Gasteiger partial charge in [0.1, 0.15) is 5.75 Å². The number of hydrogen-bond acceptors (Lipinski definition) is 6. The average molecular weight is 355 g/mol. The maximum atomic E-state index is 11.7. The molecule has 0 bridgehead atoms. The number of ether oxygens (including phenoxy) is 2. The Hall–Kier alpha value is -1.15. The van der Waals surface area contributed by atoms with Crippen LogP contribution in [0.4, 0.5) is 0 Å². The molecule has 134 valence electrons. The fraction of sp³-hybridized carbons (Fsp3) is 0.647. The summed E-state index contributed by atoms with van der Waals surface area (Å²) in [6, 6.07) is 7.62. The topological polar surface area (TPSA) is 84.9 Å². The van der Waals surface area contributed by atoms with Crippen molar-refractivity contribution < 1.29 is 23.0 Å². The predicted molar refractivity (Wildman–Crippen MR) is 91.2 cm³/mol. The van der Waals surface area contributed by atoms with Gasteiger partial charge in [-0.05, 0) is 30.5 Å². The first-order chi connectivity index (χ1) is 11.4. The van der Waals surface area contributed by atoms with Gasteiger partial charge in [-0.3, -0.25) is 0 Å². The van der Waals surface area contributed by atoms with Gasteiger partial charge in [0.05, 0.1) is 24.7 Å². The molecule has 7 heteroatoms. The van der Waals surface area contributed by atoms with E-state index in [4.69, 9.17) is 9.47 Å². The summed E-state index contributed by atoms with van der Waals surface area (Å²) in [5.74, 6) is 0.665. The maximum absolute atomic E-state index is 11.7. The van der Waals surface area contributed by atoms with Crippen molar-refractivity contribution >= 4 is 9.84 Å². The lowest BCUT2D eigenvalue weighted by molar-refractivity contribution is 0.0469. The van der Waals surface area contributed by atoms with Crippen molar-refractivity contribution in [3.8, 4) is 5.75 Å². The summed E-state index contributed by atoms with van der Waals surface area (Å²) in [6.45, 7) is 1.98. The van der Waals surface area contributed by atoms with Crippen LogP contribution in [-0.4, -0.2) is 64.0 Å². The molecule has 1 aromatic rings. The Bertz CT molecular complexity index is 652. The summed E-state index contributed by atoms with van der Waals surface area (Å²) in [4.78, 5) is 0. The Labute approximate surface area is 143 Å². The third-order valence-electron chi connectivity index (χ3n) is 5.18. The maximum Gasteiger partial charge on any atom is 0.154 e. The van der Waals surface area contributed by atoms with Crippen LogP contribution in [0.5, 0.6) is 5.75 Å². The molecule has 3 rings (SSSR count). The van der Waals surface area contributed by atoms with Gasteiger partial charge in [-0.1, -0.05) is 12.1 Å². The van der Waals surface area contributed by atoms with Gasteiger partial charge < -0.3 is 19.9 Å². The summed E-state index contributed by atoms with van der Waals surface area (Å²) in [6.07, 6.45) is 0.895. The molecule has 2 unspecified atom stereocenters. The minimum atomic E-state index is -3.14. The molecule has 2 aliphatic rings. The van der Waals surface area contributed by atoms with Gasteiger partial charge in [0.2, 0.25) is 0 Å². The van der Waals surface area contributed by atoms with Crippen molar-refractivity contribution in [3.63, 3.8) is 0 Å². The molecular weight excluding hydrogens is 330 g/mol. The van der Waals surface area contributed by atoms with Gasteiger partial charge in [0, 0.05) is 31.2 Å². The molecule has 0 aromatic heterocycles. The average Bonchev–Trinajstić information content (AvgIpc) is 2.86. The highest BCUT2D eigenvalue weighted by molar-refractivity contribution is 7.91. The van der Waals surface area contributed by atoms with Crippen LogP contribution in [0.25, 0.3) is 0 Å². The Morgan fingerprint density at radius 2 is 1.92 bits per heavy atom. The largest absolute Gasteiger partial charge is 0.497 e. The summed E-state index contributed by atoms with van der Waals surface area (Å²) in [7, 11) is -1.50. The van der Waals surface area contributed by atoms with E-state index in [0.29, 0.717) is 19.8 Å². The third kappa shape index (κ3) is 3.74. The van der Waals surface area contributed by atoms with E-state index in [2.05, 4.69) is 17.4 Å². The quantitative estimate of drug-likeness (QED) is 0.800. The van der Waals surface area contributed by atoms with Gasteiger partial charge in [0.15, 0.2) is 9.84 Å². The monoisotopic (exact) mass is 355 g/mol. The van der Waals surface area contributed by atoms with Crippen LogP contribution in [0.15, 0.2) is 24.3 Å². The minimum absolute atomic E-state index is 0.00333. The highest BCUT2D eigenvalue weighted by atomic mass is 32.2. The second kappa shape index (κ2) is 7.00. The molecule has 2 heterocycles. The van der Waals surface area contributed by atoms with Crippen molar-refractivity contribution in [2.24, 2.45) is 0 Å². The second-order valence-electron chi connectivity index (χ2n) is 6.75. The number of methoxy groups -OCH3 is 1. The Morgan fingerprint density at radius 1 is 1.25 bits per heavy atom. The Morgan fingerprint density at radius 3 is 2.46 bits per heavy atom. The first kappa shape index (κ1) is 17.7. The van der Waals surface area contributed by atoms with Crippen LogP contribution in [-0.2, 0) is 20.0 Å². The standard InChI is InChI=1S/C17H25NO5S/c1-22-14-4-2-13(3-5-14)17(6-8-23-9-7-17)12-18-15-10-24(20,21)11-16(15)19/h2-5,15-16,18-19H,6-12H2,1H3. The van der Waals surface area contributed by atoms with Crippen molar-refractivity contribution in [2.45, 2.75) is 30.4 Å². The molecule has 2 atom stereocenters. The molecule has 0 saturated carbocycles. The van der Waals surface area contributed by atoms with Crippen molar-refractivity contribution in [1.29, 1.82) is 0 Å². The molecule has 1 aromatic carbocycles. The van der Waals surface area contributed by atoms with Crippen molar-refractivity contribution in [1.82, 2.24) is 5.32 Å². The SMILES string of the molecule is COc1ccc(C2(CNC3CS(=O)(=O)CC3O)CCOCC2)cc1. The highest BCUT2D eigenvalue weighted by Crippen LogP contribution is 2.35. The molecule has 2 fully saturated rings. The molecule has 0 amide bonds. The van der Waals surface area contributed by atoms with E-state index in [1.807, 2.05) is 12.1 Å². The lowest BCUT2D eigenvalue weighted by Gasteiger charge is -2.39. The van der Waals surface area contributed by atoms with E-state index in [1.165, 1.54) is 5.56 Å². The fourth-order valence-electron chi connectivity index (χ4n) is 3.62. The van der Waals surface area contributed by atoms with Gasteiger partial charge in [0.25, 0.3) is 0 Å². The minimum Gasteiger partial charge on any atom is -0.497 e. The third-order valence-corrected chi connectivity index (χ3v) is 6.89. The predicted octanol–water partition coefficient (Wildman–Crippen LogP) is 0.491. The first-order valence-corrected chi connectivity index (χ1v) is 10.1. The Kier molecular flexibility index (Phi) is 5.15. The van der Waals surface area contributed by atoms with Crippen molar-refractivity contribution in [3.05, 3.63) is 29.8 Å². The van der Waals surface area contributed by atoms with E-state index >= 15 is 0 Å². The van der Waals surface area contributed by atoms with E-state index in [9.17, 15) is 13.5 Å². The lowest BCUT2D eigenvalue weighted by Crippen LogP contribution is -2.49. The van der Waals surface area contributed by atoms with Gasteiger partial charge in [-0.2, -0.15) is 0 Å². The van der Waals surface area contributed by atoms with Crippen LogP contribution >= 0.6 is 0 Å². The molecule has 24 heavy (non-hydrogen) atoms. The molecule has 0 aliphatic carbocycles. The normalized spacial score (nSPS) is 28.6. The first-order valence-electron chi connectivity index (χ1n) is 8.28.